The minimum atomic E-state index is -0.446. The van der Waals surface area contributed by atoms with Crippen LogP contribution >= 0.6 is 0 Å². The van der Waals surface area contributed by atoms with Gasteiger partial charge in [-0.25, -0.2) is 0 Å². The van der Waals surface area contributed by atoms with E-state index in [0.29, 0.717) is 30.4 Å². The van der Waals surface area contributed by atoms with E-state index in [2.05, 4.69) is 11.9 Å². The Bertz CT molecular complexity index is 726. The second kappa shape index (κ2) is 5.77. The summed E-state index contributed by atoms with van der Waals surface area (Å²) in [5.74, 6) is 0.896. The van der Waals surface area contributed by atoms with Gasteiger partial charge in [0.05, 0.1) is 11.0 Å². The number of rotatable bonds is 4. The van der Waals surface area contributed by atoms with Crippen molar-refractivity contribution in [1.29, 1.82) is 0 Å². The number of nitro benzene ring substituents is 1. The van der Waals surface area contributed by atoms with Crippen molar-refractivity contribution in [1.82, 2.24) is 0 Å². The zero-order chi connectivity index (χ0) is 15.5. The number of nitrogens with zero attached hydrogens (tertiary/aromatic N) is 1. The SMILES string of the molecule is C=Cc1ccc(Nc2cc3c(cc2[N+](=O)[O-])OCCO3)cc1. The van der Waals surface area contributed by atoms with Gasteiger partial charge in [0.1, 0.15) is 18.9 Å². The molecule has 0 aliphatic carbocycles. The number of fused-ring (bicyclic) bond motifs is 1. The fourth-order valence-electron chi connectivity index (χ4n) is 2.19. The lowest BCUT2D eigenvalue weighted by Gasteiger charge is -2.19. The van der Waals surface area contributed by atoms with Crippen molar-refractivity contribution >= 4 is 23.1 Å². The van der Waals surface area contributed by atoms with Crippen LogP contribution in [0.15, 0.2) is 43.0 Å². The lowest BCUT2D eigenvalue weighted by molar-refractivity contribution is -0.384. The van der Waals surface area contributed by atoms with Gasteiger partial charge in [-0.1, -0.05) is 24.8 Å². The molecule has 1 heterocycles. The first-order valence-electron chi connectivity index (χ1n) is 6.75. The quantitative estimate of drug-likeness (QED) is 0.687. The third-order valence-electron chi connectivity index (χ3n) is 3.28. The lowest BCUT2D eigenvalue weighted by Crippen LogP contribution is -2.15. The first kappa shape index (κ1) is 13.9. The molecule has 2 aromatic rings. The maximum atomic E-state index is 11.3. The molecule has 0 saturated carbocycles. The van der Waals surface area contributed by atoms with Crippen molar-refractivity contribution in [3.8, 4) is 11.5 Å². The Morgan fingerprint density at radius 1 is 1.14 bits per heavy atom. The molecule has 112 valence electrons. The fraction of sp³-hybridized carbons (Fsp3) is 0.125. The molecule has 1 N–H and O–H groups in total. The van der Waals surface area contributed by atoms with E-state index in [1.807, 2.05) is 24.3 Å². The second-order valence-corrected chi connectivity index (χ2v) is 4.72. The van der Waals surface area contributed by atoms with Gasteiger partial charge in [0.15, 0.2) is 11.5 Å². The summed E-state index contributed by atoms with van der Waals surface area (Å²) in [6, 6.07) is 10.4. The number of anilines is 2. The zero-order valence-electron chi connectivity index (χ0n) is 11.7. The van der Waals surface area contributed by atoms with Crippen LogP contribution in [0.1, 0.15) is 5.56 Å². The average Bonchev–Trinajstić information content (AvgIpc) is 2.54. The molecule has 0 bridgehead atoms. The van der Waals surface area contributed by atoms with Crippen LogP contribution in [0.2, 0.25) is 0 Å². The first-order valence-corrected chi connectivity index (χ1v) is 6.75. The Balaban J connectivity index is 1.96. The first-order chi connectivity index (χ1) is 10.7. The zero-order valence-corrected chi connectivity index (χ0v) is 11.7. The second-order valence-electron chi connectivity index (χ2n) is 4.72. The molecule has 1 aliphatic heterocycles. The van der Waals surface area contributed by atoms with Gasteiger partial charge in [-0.05, 0) is 17.7 Å². The summed E-state index contributed by atoms with van der Waals surface area (Å²) >= 11 is 0. The van der Waals surface area contributed by atoms with Crippen molar-refractivity contribution in [2.24, 2.45) is 0 Å². The maximum Gasteiger partial charge on any atom is 0.296 e. The Hall–Kier alpha value is -3.02. The van der Waals surface area contributed by atoms with Gasteiger partial charge in [-0.15, -0.1) is 0 Å². The predicted octanol–water partition coefficient (Wildman–Crippen LogP) is 3.75. The number of nitrogens with one attached hydrogen (secondary N) is 1. The van der Waals surface area contributed by atoms with E-state index in [0.717, 1.165) is 11.3 Å². The fourth-order valence-corrected chi connectivity index (χ4v) is 2.19. The maximum absolute atomic E-state index is 11.3. The highest BCUT2D eigenvalue weighted by Crippen LogP contribution is 2.40. The third kappa shape index (κ3) is 2.71. The van der Waals surface area contributed by atoms with Gasteiger partial charge in [0.25, 0.3) is 5.69 Å². The smallest absolute Gasteiger partial charge is 0.296 e. The molecule has 0 fully saturated rings. The molecular formula is C16H14N2O4. The van der Waals surface area contributed by atoms with Crippen LogP contribution in [0.3, 0.4) is 0 Å². The molecule has 22 heavy (non-hydrogen) atoms. The lowest BCUT2D eigenvalue weighted by atomic mass is 10.2. The molecule has 0 spiro atoms. The molecule has 0 atom stereocenters. The van der Waals surface area contributed by atoms with Crippen LogP contribution in [0.5, 0.6) is 11.5 Å². The molecule has 0 saturated heterocycles. The standard InChI is InChI=1S/C16H14N2O4/c1-2-11-3-5-12(6-4-11)17-13-9-15-16(22-8-7-21-15)10-14(13)18(19)20/h2-6,9-10,17H,1,7-8H2. The molecule has 2 aromatic carbocycles. The molecule has 1 aliphatic rings. The highest BCUT2D eigenvalue weighted by molar-refractivity contribution is 5.74. The molecular weight excluding hydrogens is 284 g/mol. The van der Waals surface area contributed by atoms with Gasteiger partial charge in [-0.3, -0.25) is 10.1 Å². The molecule has 6 nitrogen and oxygen atoms in total. The number of nitro groups is 1. The van der Waals surface area contributed by atoms with Crippen LogP contribution in [-0.2, 0) is 0 Å². The van der Waals surface area contributed by atoms with Gasteiger partial charge >= 0.3 is 0 Å². The molecule has 0 radical (unpaired) electrons. The summed E-state index contributed by atoms with van der Waals surface area (Å²) in [5, 5.41) is 14.3. The van der Waals surface area contributed by atoms with Crippen LogP contribution < -0.4 is 14.8 Å². The van der Waals surface area contributed by atoms with E-state index in [1.54, 1.807) is 12.1 Å². The Morgan fingerprint density at radius 3 is 2.36 bits per heavy atom. The van der Waals surface area contributed by atoms with Crippen molar-refractivity contribution in [3.05, 3.63) is 58.7 Å². The molecule has 6 heteroatoms. The third-order valence-corrected chi connectivity index (χ3v) is 3.28. The number of hydrogen-bond acceptors (Lipinski definition) is 5. The molecule has 0 unspecified atom stereocenters. The van der Waals surface area contributed by atoms with Gasteiger partial charge in [-0.2, -0.15) is 0 Å². The highest BCUT2D eigenvalue weighted by atomic mass is 16.6. The summed E-state index contributed by atoms with van der Waals surface area (Å²) in [7, 11) is 0. The van der Waals surface area contributed by atoms with E-state index >= 15 is 0 Å². The monoisotopic (exact) mass is 298 g/mol. The normalized spacial score (nSPS) is 12.5. The Labute approximate surface area is 127 Å². The van der Waals surface area contributed by atoms with Crippen LogP contribution in [0.25, 0.3) is 6.08 Å². The Kier molecular flexibility index (Phi) is 3.65. The minimum absolute atomic E-state index is 0.0583. The summed E-state index contributed by atoms with van der Waals surface area (Å²) in [5.41, 5.74) is 2.02. The minimum Gasteiger partial charge on any atom is -0.486 e. The predicted molar refractivity (Wildman–Crippen MR) is 83.9 cm³/mol. The topological polar surface area (TPSA) is 73.6 Å². The summed E-state index contributed by atoms with van der Waals surface area (Å²) in [6.45, 7) is 4.51. The van der Waals surface area contributed by atoms with E-state index in [4.69, 9.17) is 9.47 Å². The van der Waals surface area contributed by atoms with Crippen molar-refractivity contribution in [2.45, 2.75) is 0 Å². The molecule has 3 rings (SSSR count). The number of benzene rings is 2. The highest BCUT2D eigenvalue weighted by Gasteiger charge is 2.22. The molecule has 0 aromatic heterocycles. The van der Waals surface area contributed by atoms with E-state index < -0.39 is 4.92 Å². The summed E-state index contributed by atoms with van der Waals surface area (Å²) in [6.07, 6.45) is 1.73. The van der Waals surface area contributed by atoms with E-state index in [-0.39, 0.29) is 5.69 Å². The van der Waals surface area contributed by atoms with Gasteiger partial charge < -0.3 is 14.8 Å². The van der Waals surface area contributed by atoms with Gasteiger partial charge in [0.2, 0.25) is 0 Å². The average molecular weight is 298 g/mol. The number of hydrogen-bond donors (Lipinski definition) is 1. The molecule has 0 amide bonds. The summed E-state index contributed by atoms with van der Waals surface area (Å²) in [4.78, 5) is 10.8. The van der Waals surface area contributed by atoms with Crippen LogP contribution in [0, 0.1) is 10.1 Å². The van der Waals surface area contributed by atoms with Crippen LogP contribution in [-0.4, -0.2) is 18.1 Å². The largest absolute Gasteiger partial charge is 0.486 e. The van der Waals surface area contributed by atoms with E-state index in [9.17, 15) is 10.1 Å². The van der Waals surface area contributed by atoms with Crippen LogP contribution in [0.4, 0.5) is 17.1 Å². The summed E-state index contributed by atoms with van der Waals surface area (Å²) < 4.78 is 10.9. The van der Waals surface area contributed by atoms with Crippen molar-refractivity contribution < 1.29 is 14.4 Å². The van der Waals surface area contributed by atoms with Crippen molar-refractivity contribution in [3.63, 3.8) is 0 Å². The Morgan fingerprint density at radius 2 is 1.77 bits per heavy atom. The van der Waals surface area contributed by atoms with Crippen molar-refractivity contribution in [2.75, 3.05) is 18.5 Å². The number of ether oxygens (including phenoxy) is 2. The van der Waals surface area contributed by atoms with E-state index in [1.165, 1.54) is 6.07 Å². The van der Waals surface area contributed by atoms with Gasteiger partial charge in [0, 0.05) is 11.8 Å².